The molecule has 1 rings (SSSR count). The number of hydroxylamine groups is 4. The van der Waals surface area contributed by atoms with Gasteiger partial charge in [0.25, 0.3) is 0 Å². The Hall–Kier alpha value is -0.160. The van der Waals surface area contributed by atoms with Gasteiger partial charge in [-0.3, -0.25) is 0 Å². The van der Waals surface area contributed by atoms with Gasteiger partial charge in [0.1, 0.15) is 0 Å². The monoisotopic (exact) mass is 131 g/mol. The van der Waals surface area contributed by atoms with Crippen molar-refractivity contribution in [3.8, 4) is 0 Å². The first kappa shape index (κ1) is 6.95. The van der Waals surface area contributed by atoms with Crippen LogP contribution in [0.4, 0.5) is 0 Å². The predicted molar refractivity (Wildman–Crippen MR) is 31.2 cm³/mol. The van der Waals surface area contributed by atoms with Gasteiger partial charge in [-0.2, -0.15) is 4.94 Å². The van der Waals surface area contributed by atoms with Gasteiger partial charge in [-0.05, 0) is 19.1 Å². The summed E-state index contributed by atoms with van der Waals surface area (Å²) >= 11 is 0. The maximum Gasteiger partial charge on any atom is 0.163 e. The molecule has 0 bridgehead atoms. The van der Waals surface area contributed by atoms with Crippen LogP contribution in [0.15, 0.2) is 0 Å². The zero-order valence-electron chi connectivity index (χ0n) is 5.92. The lowest BCUT2D eigenvalue weighted by atomic mass is 10.3. The molecular formula is C5H11N2O2. The molecule has 0 atom stereocenters. The van der Waals surface area contributed by atoms with Crippen molar-refractivity contribution < 1.29 is 9.78 Å². The van der Waals surface area contributed by atoms with Crippen molar-refractivity contribution in [2.75, 3.05) is 7.05 Å². The van der Waals surface area contributed by atoms with Crippen molar-refractivity contribution in [2.45, 2.75) is 19.6 Å². The number of hydrogen-bond donors (Lipinski definition) is 0. The summed E-state index contributed by atoms with van der Waals surface area (Å²) in [6.45, 7) is 3.77. The molecule has 0 aromatic heterocycles. The Bertz CT molecular complexity index is 116. The second-order valence-corrected chi connectivity index (χ2v) is 2.45. The zero-order valence-corrected chi connectivity index (χ0v) is 5.92. The normalized spacial score (nSPS) is 29.3. The maximum absolute atomic E-state index is 5.09. The highest BCUT2D eigenvalue weighted by Gasteiger charge is 2.36. The highest BCUT2D eigenvalue weighted by molar-refractivity contribution is 4.61. The zero-order chi connectivity index (χ0) is 7.07. The first-order valence-electron chi connectivity index (χ1n) is 2.74. The van der Waals surface area contributed by atoms with Crippen LogP contribution in [0.1, 0.15) is 13.8 Å². The van der Waals surface area contributed by atoms with Crippen LogP contribution in [0.3, 0.4) is 0 Å². The molecule has 0 aromatic carbocycles. The van der Waals surface area contributed by atoms with Crippen LogP contribution in [-0.2, 0) is 9.78 Å². The summed E-state index contributed by atoms with van der Waals surface area (Å²) in [5, 5.41) is 2.67. The molecule has 1 aliphatic heterocycles. The Morgan fingerprint density at radius 1 is 1.44 bits per heavy atom. The van der Waals surface area contributed by atoms with Gasteiger partial charge < -0.3 is 0 Å². The number of nitrogens with zero attached hydrogens (tertiary/aromatic N) is 2. The van der Waals surface area contributed by atoms with Crippen molar-refractivity contribution >= 4 is 0 Å². The van der Waals surface area contributed by atoms with E-state index in [0.717, 1.165) is 5.23 Å². The van der Waals surface area contributed by atoms with Crippen molar-refractivity contribution in [1.29, 1.82) is 0 Å². The van der Waals surface area contributed by atoms with E-state index < -0.39 is 5.72 Å². The lowest BCUT2D eigenvalue weighted by Crippen LogP contribution is -2.34. The summed E-state index contributed by atoms with van der Waals surface area (Å²) < 4.78 is 0. The standard InChI is InChI=1S/C5H11N2O2/c1-5(2)6(3)9-7(4)8-5/h4H2,1-3H3. The largest absolute Gasteiger partial charge is 0.248 e. The summed E-state index contributed by atoms with van der Waals surface area (Å²) in [5.41, 5.74) is -0.401. The Labute approximate surface area is 54.8 Å². The van der Waals surface area contributed by atoms with Crippen molar-refractivity contribution in [3.05, 3.63) is 7.05 Å². The molecule has 1 radical (unpaired) electrons. The third-order valence-electron chi connectivity index (χ3n) is 1.30. The summed E-state index contributed by atoms with van der Waals surface area (Å²) in [7, 11) is 5.21. The number of rotatable bonds is 0. The molecule has 1 aliphatic rings. The first-order valence-corrected chi connectivity index (χ1v) is 2.74. The van der Waals surface area contributed by atoms with Crippen LogP contribution in [0.25, 0.3) is 0 Å². The van der Waals surface area contributed by atoms with Gasteiger partial charge >= 0.3 is 0 Å². The molecular weight excluding hydrogens is 120 g/mol. The summed E-state index contributed by atoms with van der Waals surface area (Å²) in [6, 6.07) is 0. The van der Waals surface area contributed by atoms with Gasteiger partial charge in [-0.1, -0.05) is 0 Å². The second-order valence-electron chi connectivity index (χ2n) is 2.45. The van der Waals surface area contributed by atoms with E-state index in [1.165, 1.54) is 0 Å². The minimum absolute atomic E-state index is 0.401. The molecule has 1 saturated heterocycles. The molecule has 0 aromatic rings. The molecule has 1 fully saturated rings. The lowest BCUT2D eigenvalue weighted by molar-refractivity contribution is -0.321. The van der Waals surface area contributed by atoms with Crippen molar-refractivity contribution in [2.24, 2.45) is 0 Å². The smallest absolute Gasteiger partial charge is 0.163 e. The Balaban J connectivity index is 2.58. The van der Waals surface area contributed by atoms with Crippen molar-refractivity contribution in [1.82, 2.24) is 10.3 Å². The molecule has 4 heteroatoms. The average molecular weight is 131 g/mol. The summed E-state index contributed by atoms with van der Waals surface area (Å²) in [5.74, 6) is 0. The highest BCUT2D eigenvalue weighted by Crippen LogP contribution is 2.23. The molecule has 0 amide bonds. The topological polar surface area (TPSA) is 24.9 Å². The summed E-state index contributed by atoms with van der Waals surface area (Å²) in [6.07, 6.45) is 0. The second kappa shape index (κ2) is 1.91. The fourth-order valence-electron chi connectivity index (χ4n) is 0.558. The first-order chi connectivity index (χ1) is 4.02. The third-order valence-corrected chi connectivity index (χ3v) is 1.30. The van der Waals surface area contributed by atoms with Gasteiger partial charge in [0.15, 0.2) is 5.72 Å². The Kier molecular flexibility index (Phi) is 1.48. The van der Waals surface area contributed by atoms with Crippen LogP contribution in [0, 0.1) is 7.05 Å². The Morgan fingerprint density at radius 2 is 2.00 bits per heavy atom. The van der Waals surface area contributed by atoms with Crippen molar-refractivity contribution in [3.63, 3.8) is 0 Å². The molecule has 1 heterocycles. The van der Waals surface area contributed by atoms with Crippen LogP contribution in [0.5, 0.6) is 0 Å². The van der Waals surface area contributed by atoms with E-state index in [9.17, 15) is 0 Å². The molecule has 0 saturated carbocycles. The minimum atomic E-state index is -0.401. The third kappa shape index (κ3) is 1.21. The molecule has 0 spiro atoms. The van der Waals surface area contributed by atoms with Crippen LogP contribution >= 0.6 is 0 Å². The average Bonchev–Trinajstić information content (AvgIpc) is 1.79. The van der Waals surface area contributed by atoms with E-state index >= 15 is 0 Å². The van der Waals surface area contributed by atoms with Crippen LogP contribution in [-0.4, -0.2) is 23.1 Å². The van der Waals surface area contributed by atoms with Gasteiger partial charge in [0, 0.05) is 7.05 Å². The van der Waals surface area contributed by atoms with E-state index in [0.29, 0.717) is 0 Å². The molecule has 4 nitrogen and oxygen atoms in total. The van der Waals surface area contributed by atoms with Crippen LogP contribution in [0.2, 0.25) is 0 Å². The Morgan fingerprint density at radius 3 is 2.11 bits per heavy atom. The molecule has 0 aliphatic carbocycles. The maximum atomic E-state index is 5.09. The molecule has 53 valence electrons. The van der Waals surface area contributed by atoms with Gasteiger partial charge in [-0.25, -0.2) is 4.84 Å². The SMILES string of the molecule is [CH2]N1ON(C)C(C)(C)O1. The molecule has 0 unspecified atom stereocenters. The van der Waals surface area contributed by atoms with E-state index in [1.807, 2.05) is 13.8 Å². The van der Waals surface area contributed by atoms with E-state index in [2.05, 4.69) is 7.05 Å². The van der Waals surface area contributed by atoms with E-state index in [-0.39, 0.29) is 0 Å². The summed E-state index contributed by atoms with van der Waals surface area (Å²) in [4.78, 5) is 10.00. The number of hydrogen-bond acceptors (Lipinski definition) is 4. The van der Waals surface area contributed by atoms with Gasteiger partial charge in [-0.15, -0.1) is 5.06 Å². The fraction of sp³-hybridized carbons (Fsp3) is 0.800. The van der Waals surface area contributed by atoms with E-state index in [1.54, 1.807) is 12.1 Å². The molecule has 9 heavy (non-hydrogen) atoms. The highest BCUT2D eigenvalue weighted by atomic mass is 17.1. The molecule has 0 N–H and O–H groups in total. The van der Waals surface area contributed by atoms with Gasteiger partial charge in [0.2, 0.25) is 0 Å². The predicted octanol–water partition coefficient (Wildman–Crippen LogP) is 0.540. The quantitative estimate of drug-likeness (QED) is 0.479. The fourth-order valence-corrected chi connectivity index (χ4v) is 0.558. The van der Waals surface area contributed by atoms with Crippen LogP contribution < -0.4 is 0 Å². The minimum Gasteiger partial charge on any atom is -0.248 e. The van der Waals surface area contributed by atoms with E-state index in [4.69, 9.17) is 9.78 Å². The lowest BCUT2D eigenvalue weighted by Gasteiger charge is -2.19. The van der Waals surface area contributed by atoms with Gasteiger partial charge in [0.05, 0.1) is 7.05 Å².